The molecule has 0 spiro atoms. The van der Waals surface area contributed by atoms with Crippen LogP contribution < -0.4 is 15.3 Å². The molecule has 1 radical (unpaired) electrons. The van der Waals surface area contributed by atoms with Crippen LogP contribution in [-0.4, -0.2) is 17.0 Å². The summed E-state index contributed by atoms with van der Waals surface area (Å²) in [5.74, 6) is -3.37. The van der Waals surface area contributed by atoms with E-state index in [9.17, 15) is 24.9 Å². The number of carbonyl (C=O) groups excluding carboxylic acids is 1. The van der Waals surface area contributed by atoms with Crippen molar-refractivity contribution in [3.8, 4) is 11.5 Å². The number of aromatic carboxylic acids is 2. The van der Waals surface area contributed by atoms with E-state index in [-0.39, 0.29) is 55.6 Å². The molecule has 7 heteroatoms. The van der Waals surface area contributed by atoms with E-state index < -0.39 is 17.7 Å². The van der Waals surface area contributed by atoms with Gasteiger partial charge in [0, 0.05) is 0 Å². The molecule has 0 bridgehead atoms. The fourth-order valence-electron chi connectivity index (χ4n) is 3.55. The molecular formula is C30H41FeO6. The maximum absolute atomic E-state index is 12.2. The van der Waals surface area contributed by atoms with E-state index in [1.165, 1.54) is 12.1 Å². The minimum absolute atomic E-state index is 0. The van der Waals surface area contributed by atoms with Crippen LogP contribution >= 0.6 is 0 Å². The molecule has 0 aromatic heterocycles. The van der Waals surface area contributed by atoms with Crippen LogP contribution in [0, 0.1) is 0 Å². The predicted molar refractivity (Wildman–Crippen MR) is 138 cm³/mol. The van der Waals surface area contributed by atoms with Crippen LogP contribution in [0.15, 0.2) is 24.3 Å². The molecule has 2 aromatic carbocycles. The van der Waals surface area contributed by atoms with Crippen LogP contribution in [0.2, 0.25) is 0 Å². The number of carbonyl (C=O) groups is 2. The summed E-state index contributed by atoms with van der Waals surface area (Å²) in [6.07, 6.45) is 0. The van der Waals surface area contributed by atoms with Gasteiger partial charge < -0.3 is 25.2 Å². The second-order valence-corrected chi connectivity index (χ2v) is 13.4. The first-order chi connectivity index (χ1) is 15.9. The first-order valence-electron chi connectivity index (χ1n) is 12.1. The topological polar surface area (TPSA) is 124 Å². The van der Waals surface area contributed by atoms with Gasteiger partial charge in [-0.1, -0.05) is 113 Å². The quantitative estimate of drug-likeness (QED) is 0.535. The van der Waals surface area contributed by atoms with Crippen molar-refractivity contribution in [2.24, 2.45) is 0 Å². The van der Waals surface area contributed by atoms with Crippen molar-refractivity contribution in [3.05, 3.63) is 57.6 Å². The van der Waals surface area contributed by atoms with Gasteiger partial charge in [-0.15, -0.1) is 0 Å². The SMILES string of the molecule is CC(C)(C)c1cc(C(=O)O)c([O-])c(C(C)(C)C)c1.CC(C)(C)c1cc(C(=O)[O-])c([O-])c(C(C)(C)C)c1.[Fe+3]. The summed E-state index contributed by atoms with van der Waals surface area (Å²) in [7, 11) is 0. The fraction of sp³-hybridized carbons (Fsp3) is 0.533. The van der Waals surface area contributed by atoms with Crippen LogP contribution in [0.3, 0.4) is 0 Å². The number of carboxylic acids is 2. The Balaban J connectivity index is 0.000000682. The van der Waals surface area contributed by atoms with Crippen LogP contribution in [0.4, 0.5) is 0 Å². The monoisotopic (exact) mass is 553 g/mol. The van der Waals surface area contributed by atoms with E-state index >= 15 is 0 Å². The summed E-state index contributed by atoms with van der Waals surface area (Å²) < 4.78 is 0. The maximum atomic E-state index is 12.2. The molecule has 1 N–H and O–H groups in total. The Labute approximate surface area is 232 Å². The molecule has 37 heavy (non-hydrogen) atoms. The molecule has 6 nitrogen and oxygen atoms in total. The van der Waals surface area contributed by atoms with Gasteiger partial charge in [-0.3, -0.25) is 0 Å². The molecule has 0 amide bonds. The standard InChI is InChI=1S/2C15H22O3.Fe/c2*1-14(2,3)9-7-10(13(17)18)12(16)11(8-9)15(4,5)6;/h2*7-8,16H,1-6H3,(H,17,18);/q;;+3/p-3. The predicted octanol–water partition coefficient (Wildman–Crippen LogP) is 4.77. The minimum atomic E-state index is -1.41. The smallest absolute Gasteiger partial charge is 0.872 e. The molecule has 0 unspecified atom stereocenters. The van der Waals surface area contributed by atoms with Crippen molar-refractivity contribution < 1.29 is 47.1 Å². The Morgan fingerprint density at radius 2 is 0.892 bits per heavy atom. The Morgan fingerprint density at radius 3 is 1.14 bits per heavy atom. The normalized spacial score (nSPS) is 12.2. The van der Waals surface area contributed by atoms with Gasteiger partial charge in [-0.25, -0.2) is 4.79 Å². The Hall–Kier alpha value is -2.50. The Kier molecular flexibility index (Phi) is 10.7. The molecule has 205 valence electrons. The zero-order valence-corrected chi connectivity index (χ0v) is 25.3. The van der Waals surface area contributed by atoms with E-state index in [0.717, 1.165) is 11.1 Å². The minimum Gasteiger partial charge on any atom is -0.872 e. The van der Waals surface area contributed by atoms with Crippen molar-refractivity contribution in [1.29, 1.82) is 0 Å². The van der Waals surface area contributed by atoms with Crippen LogP contribution in [0.25, 0.3) is 0 Å². The molecule has 0 heterocycles. The van der Waals surface area contributed by atoms with Gasteiger partial charge in [0.05, 0.1) is 11.5 Å². The van der Waals surface area contributed by atoms with Crippen molar-refractivity contribution >= 4 is 11.9 Å². The fourth-order valence-corrected chi connectivity index (χ4v) is 3.55. The van der Waals surface area contributed by atoms with Crippen molar-refractivity contribution in [2.75, 3.05) is 0 Å². The number of rotatable bonds is 2. The first-order valence-corrected chi connectivity index (χ1v) is 12.1. The van der Waals surface area contributed by atoms with E-state index in [4.69, 9.17) is 5.11 Å². The second kappa shape index (κ2) is 11.5. The van der Waals surface area contributed by atoms with Crippen molar-refractivity contribution in [1.82, 2.24) is 0 Å². The summed E-state index contributed by atoms with van der Waals surface area (Å²) in [5, 5.41) is 44.5. The first kappa shape index (κ1) is 34.5. The summed E-state index contributed by atoms with van der Waals surface area (Å²) in [6.45, 7) is 23.4. The van der Waals surface area contributed by atoms with Gasteiger partial charge in [0.25, 0.3) is 0 Å². The summed E-state index contributed by atoms with van der Waals surface area (Å²) in [5.41, 5.74) is 1.29. The summed E-state index contributed by atoms with van der Waals surface area (Å²) in [6, 6.07) is 6.59. The third-order valence-electron chi connectivity index (χ3n) is 5.98. The third-order valence-corrected chi connectivity index (χ3v) is 5.98. The number of hydrogen-bond acceptors (Lipinski definition) is 5. The average Bonchev–Trinajstić information content (AvgIpc) is 2.64. The van der Waals surface area contributed by atoms with Gasteiger partial charge in [0.2, 0.25) is 0 Å². The second-order valence-electron chi connectivity index (χ2n) is 13.4. The van der Waals surface area contributed by atoms with E-state index in [0.29, 0.717) is 11.1 Å². The number of carboxylic acid groups (broad SMARTS) is 2. The third kappa shape index (κ3) is 8.79. The van der Waals surface area contributed by atoms with Crippen molar-refractivity contribution in [3.63, 3.8) is 0 Å². The zero-order chi connectivity index (χ0) is 28.6. The van der Waals surface area contributed by atoms with Crippen molar-refractivity contribution in [2.45, 2.75) is 105 Å². The maximum Gasteiger partial charge on any atom is 3.00 e. The Bertz CT molecular complexity index is 1050. The molecule has 2 aromatic rings. The molecule has 0 aliphatic heterocycles. The van der Waals surface area contributed by atoms with Gasteiger partial charge in [0.15, 0.2) is 0 Å². The zero-order valence-electron chi connectivity index (χ0n) is 24.2. The molecule has 0 aliphatic carbocycles. The Morgan fingerprint density at radius 1 is 0.595 bits per heavy atom. The molecule has 0 saturated carbocycles. The van der Waals surface area contributed by atoms with Gasteiger partial charge >= 0.3 is 23.0 Å². The van der Waals surface area contributed by atoms with Crippen LogP contribution in [0.5, 0.6) is 11.5 Å². The molecular weight excluding hydrogens is 512 g/mol. The van der Waals surface area contributed by atoms with Crippen LogP contribution in [0.1, 0.15) is 126 Å². The van der Waals surface area contributed by atoms with E-state index in [1.807, 2.05) is 95.2 Å². The van der Waals surface area contributed by atoms with E-state index in [1.54, 1.807) is 0 Å². The van der Waals surface area contributed by atoms with Gasteiger partial charge in [-0.2, -0.15) is 0 Å². The molecule has 0 aliphatic rings. The molecule has 0 saturated heterocycles. The molecule has 0 atom stereocenters. The average molecular weight is 553 g/mol. The van der Waals surface area contributed by atoms with Gasteiger partial charge in [-0.05, 0) is 55.5 Å². The molecule has 0 fully saturated rings. The summed E-state index contributed by atoms with van der Waals surface area (Å²) in [4.78, 5) is 22.2. The molecule has 2 rings (SSSR count). The van der Waals surface area contributed by atoms with Gasteiger partial charge in [0.1, 0.15) is 0 Å². The largest absolute Gasteiger partial charge is 3.00 e. The van der Waals surface area contributed by atoms with Crippen LogP contribution in [-0.2, 0) is 38.7 Å². The number of hydrogen-bond donors (Lipinski definition) is 1. The van der Waals surface area contributed by atoms with E-state index in [2.05, 4.69) is 0 Å². The summed E-state index contributed by atoms with van der Waals surface area (Å²) >= 11 is 0. The number of benzene rings is 2.